The van der Waals surface area contributed by atoms with E-state index in [1.807, 2.05) is 84.9 Å². The molecule has 0 unspecified atom stereocenters. The van der Waals surface area contributed by atoms with Crippen LogP contribution in [-0.2, 0) is 0 Å². The van der Waals surface area contributed by atoms with Crippen LogP contribution in [0, 0.1) is 0 Å². The standard InChI is InChI=1S/C24H18N4O/c29-24(20-13-5-2-6-14-20)23(19-11-3-1-4-12-19)27-28(21-15-7-9-17-25-21)22-16-8-10-18-26-22/h1-18H. The van der Waals surface area contributed by atoms with Crippen molar-refractivity contribution in [2.45, 2.75) is 0 Å². The van der Waals surface area contributed by atoms with E-state index in [0.29, 0.717) is 22.9 Å². The van der Waals surface area contributed by atoms with E-state index in [4.69, 9.17) is 5.10 Å². The van der Waals surface area contributed by atoms with Gasteiger partial charge in [-0.05, 0) is 24.3 Å². The number of benzene rings is 2. The summed E-state index contributed by atoms with van der Waals surface area (Å²) in [4.78, 5) is 22.1. The fraction of sp³-hybridized carbons (Fsp3) is 0. The van der Waals surface area contributed by atoms with Gasteiger partial charge in [-0.1, -0.05) is 72.8 Å². The third kappa shape index (κ3) is 4.25. The number of nitrogens with zero attached hydrogens (tertiary/aromatic N) is 4. The first kappa shape index (κ1) is 18.3. The van der Waals surface area contributed by atoms with Crippen LogP contribution in [0.3, 0.4) is 0 Å². The number of pyridine rings is 2. The van der Waals surface area contributed by atoms with E-state index >= 15 is 0 Å². The minimum Gasteiger partial charge on any atom is -0.287 e. The summed E-state index contributed by atoms with van der Waals surface area (Å²) in [5.41, 5.74) is 1.60. The summed E-state index contributed by atoms with van der Waals surface area (Å²) < 4.78 is 0. The Kier molecular flexibility index (Phi) is 5.48. The van der Waals surface area contributed by atoms with Crippen LogP contribution in [0.1, 0.15) is 15.9 Å². The predicted octanol–water partition coefficient (Wildman–Crippen LogP) is 4.90. The van der Waals surface area contributed by atoms with Crippen molar-refractivity contribution >= 4 is 23.1 Å². The van der Waals surface area contributed by atoms with Crippen LogP contribution in [0.15, 0.2) is 115 Å². The van der Waals surface area contributed by atoms with E-state index < -0.39 is 0 Å². The average molecular weight is 378 g/mol. The molecule has 0 fully saturated rings. The van der Waals surface area contributed by atoms with Gasteiger partial charge in [-0.25, -0.2) is 9.97 Å². The number of Topliss-reactive ketones (excluding diaryl/α,β-unsaturated/α-hetero) is 1. The second kappa shape index (κ2) is 8.71. The highest BCUT2D eigenvalue weighted by Gasteiger charge is 2.20. The van der Waals surface area contributed by atoms with Crippen LogP contribution in [0.4, 0.5) is 11.6 Å². The van der Waals surface area contributed by atoms with Crippen molar-refractivity contribution in [1.29, 1.82) is 0 Å². The summed E-state index contributed by atoms with van der Waals surface area (Å²) >= 11 is 0. The number of anilines is 2. The molecule has 29 heavy (non-hydrogen) atoms. The van der Waals surface area contributed by atoms with Gasteiger partial charge in [0.05, 0.1) is 0 Å². The lowest BCUT2D eigenvalue weighted by molar-refractivity contribution is 0.106. The lowest BCUT2D eigenvalue weighted by Crippen LogP contribution is -2.22. The Hall–Kier alpha value is -4.12. The topological polar surface area (TPSA) is 58.5 Å². The maximum Gasteiger partial charge on any atom is 0.213 e. The third-order valence-electron chi connectivity index (χ3n) is 4.23. The van der Waals surface area contributed by atoms with Gasteiger partial charge in [0, 0.05) is 23.5 Å². The van der Waals surface area contributed by atoms with Gasteiger partial charge in [0.2, 0.25) is 5.78 Å². The molecular formula is C24H18N4O. The van der Waals surface area contributed by atoms with Gasteiger partial charge >= 0.3 is 0 Å². The maximum atomic E-state index is 13.3. The van der Waals surface area contributed by atoms with Crippen LogP contribution < -0.4 is 5.01 Å². The minimum atomic E-state index is -0.173. The van der Waals surface area contributed by atoms with Crippen molar-refractivity contribution in [2.75, 3.05) is 5.01 Å². The smallest absolute Gasteiger partial charge is 0.213 e. The Morgan fingerprint density at radius 3 is 1.59 bits per heavy atom. The molecule has 0 saturated carbocycles. The van der Waals surface area contributed by atoms with Crippen molar-refractivity contribution in [3.05, 3.63) is 121 Å². The van der Waals surface area contributed by atoms with Gasteiger partial charge in [0.15, 0.2) is 11.6 Å². The Morgan fingerprint density at radius 1 is 0.621 bits per heavy atom. The first-order valence-electron chi connectivity index (χ1n) is 9.19. The Balaban J connectivity index is 1.88. The summed E-state index contributed by atoms with van der Waals surface area (Å²) in [5, 5.41) is 6.33. The van der Waals surface area contributed by atoms with E-state index in [1.165, 1.54) is 0 Å². The van der Waals surface area contributed by atoms with Crippen LogP contribution in [-0.4, -0.2) is 21.5 Å². The number of ketones is 1. The fourth-order valence-electron chi connectivity index (χ4n) is 2.83. The highest BCUT2D eigenvalue weighted by molar-refractivity contribution is 6.51. The molecule has 2 aromatic heterocycles. The number of hydrazone groups is 1. The number of carbonyl (C=O) groups is 1. The molecule has 0 atom stereocenters. The highest BCUT2D eigenvalue weighted by atomic mass is 16.1. The second-order valence-corrected chi connectivity index (χ2v) is 6.20. The molecule has 0 N–H and O–H groups in total. The van der Waals surface area contributed by atoms with Gasteiger partial charge in [-0.3, -0.25) is 4.79 Å². The number of hydrogen-bond donors (Lipinski definition) is 0. The summed E-state index contributed by atoms with van der Waals surface area (Å²) in [7, 11) is 0. The van der Waals surface area contributed by atoms with E-state index in [1.54, 1.807) is 29.5 Å². The fourth-order valence-corrected chi connectivity index (χ4v) is 2.83. The Bertz CT molecular complexity index is 1060. The first-order valence-corrected chi connectivity index (χ1v) is 9.19. The molecule has 0 aliphatic heterocycles. The van der Waals surface area contributed by atoms with Crippen LogP contribution in [0.5, 0.6) is 0 Å². The predicted molar refractivity (Wildman–Crippen MR) is 114 cm³/mol. The molecular weight excluding hydrogens is 360 g/mol. The van der Waals surface area contributed by atoms with Crippen LogP contribution >= 0.6 is 0 Å². The molecule has 0 aliphatic carbocycles. The monoisotopic (exact) mass is 378 g/mol. The zero-order chi connectivity index (χ0) is 19.9. The van der Waals surface area contributed by atoms with E-state index in [9.17, 15) is 4.79 Å². The lowest BCUT2D eigenvalue weighted by Gasteiger charge is -2.19. The number of carbonyl (C=O) groups excluding carboxylic acids is 1. The summed E-state index contributed by atoms with van der Waals surface area (Å²) in [6.07, 6.45) is 3.37. The highest BCUT2D eigenvalue weighted by Crippen LogP contribution is 2.22. The zero-order valence-electron chi connectivity index (χ0n) is 15.6. The SMILES string of the molecule is O=C(C(=NN(c1ccccn1)c1ccccn1)c1ccccc1)c1ccccc1. The Morgan fingerprint density at radius 2 is 1.10 bits per heavy atom. The van der Waals surface area contributed by atoms with Crippen molar-refractivity contribution < 1.29 is 4.79 Å². The minimum absolute atomic E-state index is 0.173. The quantitative estimate of drug-likeness (QED) is 0.272. The molecule has 2 aromatic carbocycles. The van der Waals surface area contributed by atoms with Gasteiger partial charge in [0.1, 0.15) is 5.71 Å². The molecule has 2 heterocycles. The molecule has 0 spiro atoms. The molecule has 5 nitrogen and oxygen atoms in total. The molecule has 5 heteroatoms. The van der Waals surface area contributed by atoms with Crippen molar-refractivity contribution in [1.82, 2.24) is 9.97 Å². The molecule has 0 radical (unpaired) electrons. The van der Waals surface area contributed by atoms with Gasteiger partial charge < -0.3 is 0 Å². The molecule has 0 saturated heterocycles. The van der Waals surface area contributed by atoms with E-state index in [0.717, 1.165) is 5.56 Å². The van der Waals surface area contributed by atoms with E-state index in [2.05, 4.69) is 9.97 Å². The van der Waals surface area contributed by atoms with Gasteiger partial charge in [-0.2, -0.15) is 10.1 Å². The molecule has 4 aromatic rings. The van der Waals surface area contributed by atoms with Crippen molar-refractivity contribution in [2.24, 2.45) is 5.10 Å². The maximum absolute atomic E-state index is 13.3. The number of hydrogen-bond acceptors (Lipinski definition) is 5. The summed E-state index contributed by atoms with van der Waals surface area (Å²) in [6, 6.07) is 29.6. The van der Waals surface area contributed by atoms with E-state index in [-0.39, 0.29) is 5.78 Å². The molecule has 4 rings (SSSR count). The average Bonchev–Trinajstić information content (AvgIpc) is 2.82. The van der Waals surface area contributed by atoms with Gasteiger partial charge in [0.25, 0.3) is 0 Å². The summed E-state index contributed by atoms with van der Waals surface area (Å²) in [5.74, 6) is 0.967. The van der Waals surface area contributed by atoms with Crippen molar-refractivity contribution in [3.63, 3.8) is 0 Å². The normalized spacial score (nSPS) is 11.1. The number of rotatable bonds is 6. The first-order chi connectivity index (χ1) is 14.3. The molecule has 0 amide bonds. The Labute approximate surface area is 169 Å². The van der Waals surface area contributed by atoms with Gasteiger partial charge in [-0.15, -0.1) is 0 Å². The largest absolute Gasteiger partial charge is 0.287 e. The lowest BCUT2D eigenvalue weighted by atomic mass is 10.0. The molecule has 140 valence electrons. The zero-order valence-corrected chi connectivity index (χ0v) is 15.6. The molecule has 0 bridgehead atoms. The van der Waals surface area contributed by atoms with Crippen LogP contribution in [0.25, 0.3) is 0 Å². The third-order valence-corrected chi connectivity index (χ3v) is 4.23. The summed E-state index contributed by atoms with van der Waals surface area (Å²) in [6.45, 7) is 0. The second-order valence-electron chi connectivity index (χ2n) is 6.20. The molecule has 0 aliphatic rings. The van der Waals surface area contributed by atoms with Crippen molar-refractivity contribution in [3.8, 4) is 0 Å². The number of aromatic nitrogens is 2. The van der Waals surface area contributed by atoms with Crippen LogP contribution in [0.2, 0.25) is 0 Å².